The minimum absolute atomic E-state index is 0.250. The Labute approximate surface area is 134 Å². The summed E-state index contributed by atoms with van der Waals surface area (Å²) in [5.41, 5.74) is 0. The van der Waals surface area contributed by atoms with Gasteiger partial charge in [0.2, 0.25) is 35.4 Å². The van der Waals surface area contributed by atoms with Crippen LogP contribution in [-0.4, -0.2) is 41.6 Å². The number of rotatable bonds is 5. The first kappa shape index (κ1) is 22.6. The topological polar surface area (TPSA) is 196 Å². The van der Waals surface area contributed by atoms with E-state index in [1.54, 1.807) is 10.6 Å². The molecule has 0 aromatic heterocycles. The van der Waals surface area contributed by atoms with Crippen LogP contribution in [0.4, 0.5) is 0 Å². The van der Waals surface area contributed by atoms with Gasteiger partial charge in [-0.05, 0) is 0 Å². The van der Waals surface area contributed by atoms with E-state index in [4.69, 9.17) is 14.9 Å². The molecule has 0 rings (SSSR count). The van der Waals surface area contributed by atoms with E-state index in [0.717, 1.165) is 6.92 Å². The van der Waals surface area contributed by atoms with E-state index in [1.165, 1.54) is 6.07 Å². The summed E-state index contributed by atoms with van der Waals surface area (Å²) in [6.45, 7) is 1.07. The fraction of sp³-hybridized carbons (Fsp3) is 0.333. The third-order valence-electron chi connectivity index (χ3n) is 1.75. The Morgan fingerprint density at radius 3 is 1.42 bits per heavy atom. The van der Waals surface area contributed by atoms with Crippen LogP contribution in [0.15, 0.2) is 0 Å². The van der Waals surface area contributed by atoms with Crippen molar-refractivity contribution in [1.29, 1.82) is 5.26 Å². The molecule has 12 heteroatoms. The summed E-state index contributed by atoms with van der Waals surface area (Å²) in [6, 6.07) is 1.50. The van der Waals surface area contributed by atoms with Crippen LogP contribution in [-0.2, 0) is 38.4 Å². The highest BCUT2D eigenvalue weighted by Gasteiger charge is 2.17. The lowest BCUT2D eigenvalue weighted by molar-refractivity contribution is -0.192. The number of nitrogens with one attached hydrogen (secondary N) is 3. The summed E-state index contributed by atoms with van der Waals surface area (Å²) in [7, 11) is 0. The first-order chi connectivity index (χ1) is 11.2. The molecule has 0 aliphatic rings. The van der Waals surface area contributed by atoms with Crippen LogP contribution in [0.2, 0.25) is 0 Å². The molecule has 0 saturated heterocycles. The molecule has 0 aromatic carbocycles. The van der Waals surface area contributed by atoms with Crippen molar-refractivity contribution in [2.24, 2.45) is 0 Å². The number of nitriles is 1. The fourth-order valence-electron chi connectivity index (χ4n) is 1.09. The zero-order valence-corrected chi connectivity index (χ0v) is 12.3. The lowest BCUT2D eigenvalue weighted by Crippen LogP contribution is -2.39. The first-order valence-electron chi connectivity index (χ1n) is 5.98. The second-order valence-corrected chi connectivity index (χ2v) is 3.82. The minimum atomic E-state index is -1.03. The number of carbonyl (C=O) groups excluding carboxylic acids is 8. The van der Waals surface area contributed by atoms with Crippen LogP contribution in [0.25, 0.3) is 0 Å². The van der Waals surface area contributed by atoms with E-state index in [9.17, 15) is 28.8 Å². The third kappa shape index (κ3) is 14.7. The average Bonchev–Trinajstić information content (AvgIpc) is 2.37. The minimum Gasteiger partial charge on any atom is -0.296 e. The summed E-state index contributed by atoms with van der Waals surface area (Å²) in [5.74, 6) is -5.46. The molecule has 0 radical (unpaired) electrons. The Kier molecular flexibility index (Phi) is 12.2. The lowest BCUT2D eigenvalue weighted by atomic mass is 10.3. The summed E-state index contributed by atoms with van der Waals surface area (Å²) in [4.78, 5) is 82.3. The second kappa shape index (κ2) is 13.0. The molecule has 0 bridgehead atoms. The Bertz CT molecular complexity index is 613. The SMILES string of the molecule is CC(=O)NC(=O)CC(=O)NC(=O)CC(=O)NC(=O)CC#N.O=C=O. The van der Waals surface area contributed by atoms with Gasteiger partial charge in [-0.25, -0.2) is 0 Å². The number of hydrogen-bond donors (Lipinski definition) is 3. The van der Waals surface area contributed by atoms with E-state index >= 15 is 0 Å². The maximum Gasteiger partial charge on any atom is 0.373 e. The quantitative estimate of drug-likeness (QED) is 0.438. The zero-order valence-electron chi connectivity index (χ0n) is 12.3. The van der Waals surface area contributed by atoms with E-state index in [0.29, 0.717) is 0 Å². The number of imide groups is 3. The van der Waals surface area contributed by atoms with Gasteiger partial charge in [0.15, 0.2) is 0 Å². The fourth-order valence-corrected chi connectivity index (χ4v) is 1.09. The molecule has 12 nitrogen and oxygen atoms in total. The molecule has 3 N–H and O–H groups in total. The standard InChI is InChI=1S/C11H12N4O6.CO2/c1-6(16)13-8(18)4-10(20)15-11(21)5-9(19)14-7(17)2-3-12;2-1-3/h2,4-5H2,1H3,(H,13,16,18)(H,14,17,19)(H,15,20,21);. The van der Waals surface area contributed by atoms with Gasteiger partial charge in [0, 0.05) is 6.92 Å². The summed E-state index contributed by atoms with van der Waals surface area (Å²) >= 11 is 0. The van der Waals surface area contributed by atoms with Crippen LogP contribution >= 0.6 is 0 Å². The van der Waals surface area contributed by atoms with Crippen molar-refractivity contribution in [1.82, 2.24) is 16.0 Å². The van der Waals surface area contributed by atoms with Gasteiger partial charge >= 0.3 is 6.15 Å². The van der Waals surface area contributed by atoms with Gasteiger partial charge in [-0.3, -0.25) is 44.7 Å². The Morgan fingerprint density at radius 1 is 0.750 bits per heavy atom. The van der Waals surface area contributed by atoms with Crippen LogP contribution in [0.5, 0.6) is 0 Å². The number of amides is 6. The highest BCUT2D eigenvalue weighted by Crippen LogP contribution is 1.86. The maximum atomic E-state index is 11.2. The summed E-state index contributed by atoms with van der Waals surface area (Å²) in [6.07, 6.45) is -1.88. The maximum absolute atomic E-state index is 11.2. The van der Waals surface area contributed by atoms with Gasteiger partial charge in [0.25, 0.3) is 0 Å². The predicted octanol–water partition coefficient (Wildman–Crippen LogP) is -2.95. The van der Waals surface area contributed by atoms with E-state index < -0.39 is 54.7 Å². The van der Waals surface area contributed by atoms with Crippen molar-refractivity contribution < 1.29 is 38.4 Å². The van der Waals surface area contributed by atoms with Crippen molar-refractivity contribution in [2.45, 2.75) is 26.2 Å². The Balaban J connectivity index is 0. The molecule has 0 heterocycles. The highest BCUT2D eigenvalue weighted by molar-refractivity contribution is 6.11. The lowest BCUT2D eigenvalue weighted by Gasteiger charge is -2.04. The van der Waals surface area contributed by atoms with E-state index in [1.807, 2.05) is 5.32 Å². The van der Waals surface area contributed by atoms with Gasteiger partial charge < -0.3 is 0 Å². The van der Waals surface area contributed by atoms with Crippen LogP contribution in [0.1, 0.15) is 26.2 Å². The van der Waals surface area contributed by atoms with Gasteiger partial charge in [0.1, 0.15) is 19.3 Å². The molecule has 0 fully saturated rings. The average molecular weight is 340 g/mol. The van der Waals surface area contributed by atoms with Gasteiger partial charge in [-0.15, -0.1) is 0 Å². The van der Waals surface area contributed by atoms with Crippen molar-refractivity contribution in [2.75, 3.05) is 0 Å². The van der Waals surface area contributed by atoms with Crippen LogP contribution in [0.3, 0.4) is 0 Å². The molecular weight excluding hydrogens is 328 g/mol. The molecule has 6 amide bonds. The normalized spacial score (nSPS) is 8.17. The molecule has 0 aliphatic heterocycles. The third-order valence-corrected chi connectivity index (χ3v) is 1.75. The first-order valence-corrected chi connectivity index (χ1v) is 5.98. The smallest absolute Gasteiger partial charge is 0.296 e. The van der Waals surface area contributed by atoms with E-state index in [-0.39, 0.29) is 6.15 Å². The molecule has 0 spiro atoms. The molecule has 0 atom stereocenters. The van der Waals surface area contributed by atoms with Crippen molar-refractivity contribution in [3.05, 3.63) is 0 Å². The van der Waals surface area contributed by atoms with Crippen LogP contribution in [0, 0.1) is 11.3 Å². The van der Waals surface area contributed by atoms with Gasteiger partial charge in [0.05, 0.1) is 6.07 Å². The highest BCUT2D eigenvalue weighted by atomic mass is 16.2. The number of nitrogens with zero attached hydrogens (tertiary/aromatic N) is 1. The molecular formula is C12H12N4O8. The van der Waals surface area contributed by atoms with Gasteiger partial charge in [-0.1, -0.05) is 0 Å². The van der Waals surface area contributed by atoms with Crippen LogP contribution < -0.4 is 16.0 Å². The molecule has 24 heavy (non-hydrogen) atoms. The largest absolute Gasteiger partial charge is 0.373 e. The number of carbonyl (C=O) groups is 6. The molecule has 0 aliphatic carbocycles. The Hall–Kier alpha value is -3.71. The van der Waals surface area contributed by atoms with Gasteiger partial charge in [-0.2, -0.15) is 14.9 Å². The van der Waals surface area contributed by atoms with E-state index in [2.05, 4.69) is 0 Å². The summed E-state index contributed by atoms with van der Waals surface area (Å²) < 4.78 is 0. The Morgan fingerprint density at radius 2 is 1.08 bits per heavy atom. The molecule has 0 aromatic rings. The zero-order chi connectivity index (χ0) is 19.1. The van der Waals surface area contributed by atoms with Crippen molar-refractivity contribution in [3.63, 3.8) is 0 Å². The molecule has 0 unspecified atom stereocenters. The predicted molar refractivity (Wildman–Crippen MR) is 69.6 cm³/mol. The number of hydrogen-bond acceptors (Lipinski definition) is 9. The van der Waals surface area contributed by atoms with Crippen molar-refractivity contribution in [3.8, 4) is 6.07 Å². The molecule has 0 saturated carbocycles. The second-order valence-electron chi connectivity index (χ2n) is 3.82. The van der Waals surface area contributed by atoms with Crippen molar-refractivity contribution >= 4 is 41.6 Å². The summed E-state index contributed by atoms with van der Waals surface area (Å²) in [5, 5.41) is 13.5. The molecule has 128 valence electrons. The monoisotopic (exact) mass is 340 g/mol.